The number of ketones is 1. The number of allylic oxidation sites excluding steroid dienone is 4. The van der Waals surface area contributed by atoms with Crippen molar-refractivity contribution in [3.05, 3.63) is 23.8 Å². The van der Waals surface area contributed by atoms with Crippen molar-refractivity contribution in [1.29, 1.82) is 0 Å². The smallest absolute Gasteiger partial charge is 0.336 e. The third-order valence-corrected chi connectivity index (χ3v) is 9.30. The summed E-state index contributed by atoms with van der Waals surface area (Å²) in [6.07, 6.45) is 2.97. The van der Waals surface area contributed by atoms with Gasteiger partial charge in [0.1, 0.15) is 6.17 Å². The van der Waals surface area contributed by atoms with E-state index in [1.807, 2.05) is 13.8 Å². The van der Waals surface area contributed by atoms with Gasteiger partial charge in [0.15, 0.2) is 11.4 Å². The molecular weight excluding hydrogens is 363 g/mol. The molecule has 0 aromatic rings. The third kappa shape index (κ3) is 1.93. The number of carboxylic acids is 1. The summed E-state index contributed by atoms with van der Waals surface area (Å²) in [5.74, 6) is -2.57. The number of carbonyl (C=O) groups is 2. The van der Waals surface area contributed by atoms with Crippen LogP contribution in [-0.2, 0) is 9.59 Å². The molecule has 0 amide bonds. The summed E-state index contributed by atoms with van der Waals surface area (Å²) >= 11 is 0. The van der Waals surface area contributed by atoms with Crippen LogP contribution in [0, 0.1) is 34.0 Å². The van der Waals surface area contributed by atoms with E-state index in [-0.39, 0.29) is 30.5 Å². The lowest BCUT2D eigenvalue weighted by molar-refractivity contribution is -0.220. The molecule has 0 aliphatic heterocycles. The van der Waals surface area contributed by atoms with Crippen LogP contribution in [0.1, 0.15) is 47.0 Å². The van der Waals surface area contributed by atoms with E-state index in [4.69, 9.17) is 0 Å². The zero-order valence-electron chi connectivity index (χ0n) is 16.8. The fourth-order valence-electron chi connectivity index (χ4n) is 7.40. The molecule has 0 heterocycles. The van der Waals surface area contributed by atoms with Gasteiger partial charge in [-0.1, -0.05) is 33.8 Å². The first-order valence-corrected chi connectivity index (χ1v) is 10.1. The summed E-state index contributed by atoms with van der Waals surface area (Å²) in [4.78, 5) is 24.0. The molecule has 4 aliphatic carbocycles. The van der Waals surface area contributed by atoms with Crippen LogP contribution in [-0.4, -0.2) is 44.9 Å². The number of carbonyl (C=O) groups excluding carboxylic acids is 1. The van der Waals surface area contributed by atoms with Gasteiger partial charge < -0.3 is 15.3 Å². The van der Waals surface area contributed by atoms with Gasteiger partial charge in [-0.15, -0.1) is 0 Å². The van der Waals surface area contributed by atoms with Gasteiger partial charge in [-0.25, -0.2) is 9.18 Å². The highest BCUT2D eigenvalue weighted by atomic mass is 19.1. The maximum absolute atomic E-state index is 15.3. The predicted octanol–water partition coefficient (Wildman–Crippen LogP) is 2.66. The first kappa shape index (κ1) is 19.8. The quantitative estimate of drug-likeness (QED) is 0.638. The molecule has 0 saturated heterocycles. The van der Waals surface area contributed by atoms with Crippen LogP contribution in [0.4, 0.5) is 4.39 Å². The van der Waals surface area contributed by atoms with Crippen LogP contribution < -0.4 is 0 Å². The number of fused-ring (bicyclic) bond motifs is 5. The summed E-state index contributed by atoms with van der Waals surface area (Å²) in [5, 5.41) is 32.4. The molecule has 9 atom stereocenters. The molecule has 0 aromatic carbocycles. The Balaban J connectivity index is 1.88. The molecule has 0 radical (unpaired) electrons. The van der Waals surface area contributed by atoms with Crippen molar-refractivity contribution in [3.8, 4) is 0 Å². The highest BCUT2D eigenvalue weighted by Crippen LogP contribution is 2.72. The van der Waals surface area contributed by atoms with Crippen LogP contribution in [0.25, 0.3) is 0 Å². The van der Waals surface area contributed by atoms with E-state index in [0.717, 1.165) is 0 Å². The number of aliphatic hydroxyl groups excluding tert-OH is 1. The number of aliphatic carboxylic acids is 1. The molecule has 6 heteroatoms. The lowest BCUT2D eigenvalue weighted by Gasteiger charge is -2.65. The Hall–Kier alpha value is -1.53. The zero-order chi connectivity index (χ0) is 20.9. The van der Waals surface area contributed by atoms with E-state index in [9.17, 15) is 24.9 Å². The SMILES string of the molecule is C[C@@H]1CC2C3C[C@H](F)C4=CC(=O)C=C[C@]4(C)[C@@]3(C)[C@@H](O)C[C@]2(C)[C@@]1(O)C(=O)O. The van der Waals surface area contributed by atoms with Gasteiger partial charge in [0.2, 0.25) is 0 Å². The van der Waals surface area contributed by atoms with Crippen molar-refractivity contribution < 1.29 is 29.3 Å². The van der Waals surface area contributed by atoms with E-state index in [0.29, 0.717) is 12.0 Å². The summed E-state index contributed by atoms with van der Waals surface area (Å²) < 4.78 is 15.3. The van der Waals surface area contributed by atoms with Crippen molar-refractivity contribution in [2.45, 2.75) is 64.8 Å². The van der Waals surface area contributed by atoms with Crippen molar-refractivity contribution in [2.24, 2.45) is 34.0 Å². The molecule has 2 unspecified atom stereocenters. The van der Waals surface area contributed by atoms with E-state index < -0.39 is 46.0 Å². The first-order chi connectivity index (χ1) is 12.8. The summed E-state index contributed by atoms with van der Waals surface area (Å²) in [5.41, 5.74) is -4.20. The Morgan fingerprint density at radius 3 is 2.46 bits per heavy atom. The molecule has 0 spiro atoms. The van der Waals surface area contributed by atoms with Crippen LogP contribution in [0.5, 0.6) is 0 Å². The minimum Gasteiger partial charge on any atom is -0.479 e. The van der Waals surface area contributed by atoms with Gasteiger partial charge in [0, 0.05) is 16.2 Å². The molecule has 154 valence electrons. The van der Waals surface area contributed by atoms with Crippen molar-refractivity contribution in [3.63, 3.8) is 0 Å². The number of halogens is 1. The number of carboxylic acid groups (broad SMARTS) is 1. The minimum absolute atomic E-state index is 0.124. The highest BCUT2D eigenvalue weighted by Gasteiger charge is 2.74. The monoisotopic (exact) mass is 392 g/mol. The Morgan fingerprint density at radius 1 is 1.21 bits per heavy atom. The van der Waals surface area contributed by atoms with E-state index in [2.05, 4.69) is 0 Å². The summed E-state index contributed by atoms with van der Waals surface area (Å²) in [7, 11) is 0. The fraction of sp³-hybridized carbons (Fsp3) is 0.727. The second kappa shape index (κ2) is 5.54. The normalized spacial score (nSPS) is 55.2. The fourth-order valence-corrected chi connectivity index (χ4v) is 7.40. The Bertz CT molecular complexity index is 820. The molecule has 28 heavy (non-hydrogen) atoms. The van der Waals surface area contributed by atoms with Gasteiger partial charge >= 0.3 is 5.97 Å². The van der Waals surface area contributed by atoms with Crippen molar-refractivity contribution in [2.75, 3.05) is 0 Å². The number of rotatable bonds is 1. The van der Waals surface area contributed by atoms with Gasteiger partial charge in [-0.3, -0.25) is 4.79 Å². The van der Waals surface area contributed by atoms with Crippen molar-refractivity contribution >= 4 is 11.8 Å². The standard InChI is InChI=1S/C22H29FO5/c1-11-7-13-14-9-16(23)15-8-12(24)5-6-19(15,2)21(14,4)17(25)10-20(13,3)22(11,28)18(26)27/h5-6,8,11,13-14,16-17,25,28H,7,9-10H2,1-4H3,(H,26,27)/t11-,13?,14?,16+,17+,19+,20+,21-,22+/m1/s1. The van der Waals surface area contributed by atoms with Crippen molar-refractivity contribution in [1.82, 2.24) is 0 Å². The predicted molar refractivity (Wildman–Crippen MR) is 100 cm³/mol. The van der Waals surface area contributed by atoms with Gasteiger partial charge in [-0.05, 0) is 54.7 Å². The summed E-state index contributed by atoms with van der Waals surface area (Å²) in [6, 6.07) is 0. The maximum atomic E-state index is 15.3. The van der Waals surface area contributed by atoms with Crippen LogP contribution in [0.3, 0.4) is 0 Å². The summed E-state index contributed by atoms with van der Waals surface area (Å²) in [6.45, 7) is 7.27. The van der Waals surface area contributed by atoms with Gasteiger partial charge in [0.25, 0.3) is 0 Å². The van der Waals surface area contributed by atoms with Gasteiger partial charge in [-0.2, -0.15) is 0 Å². The molecule has 5 nitrogen and oxygen atoms in total. The topological polar surface area (TPSA) is 94.8 Å². The maximum Gasteiger partial charge on any atom is 0.336 e. The molecule has 3 saturated carbocycles. The Morgan fingerprint density at radius 2 is 1.86 bits per heavy atom. The highest BCUT2D eigenvalue weighted by molar-refractivity contribution is 6.01. The molecule has 0 bridgehead atoms. The molecule has 0 aromatic heterocycles. The Kier molecular flexibility index (Phi) is 3.91. The largest absolute Gasteiger partial charge is 0.479 e. The number of hydrogen-bond donors (Lipinski definition) is 3. The number of hydrogen-bond acceptors (Lipinski definition) is 4. The second-order valence-corrected chi connectivity index (χ2v) is 10.1. The first-order valence-electron chi connectivity index (χ1n) is 10.1. The Labute approximate surface area is 164 Å². The average Bonchev–Trinajstić information content (AvgIpc) is 2.81. The molecular formula is C22H29FO5. The number of alkyl halides is 1. The minimum atomic E-state index is -1.96. The second-order valence-electron chi connectivity index (χ2n) is 10.1. The van der Waals surface area contributed by atoms with Gasteiger partial charge in [0.05, 0.1) is 6.10 Å². The molecule has 3 fully saturated rings. The van der Waals surface area contributed by atoms with Crippen LogP contribution in [0.2, 0.25) is 0 Å². The zero-order valence-corrected chi connectivity index (χ0v) is 16.8. The number of aliphatic hydroxyl groups is 2. The molecule has 4 rings (SSSR count). The van der Waals surface area contributed by atoms with E-state index in [1.54, 1.807) is 19.9 Å². The van der Waals surface area contributed by atoms with Crippen LogP contribution in [0.15, 0.2) is 23.8 Å². The average molecular weight is 392 g/mol. The van der Waals surface area contributed by atoms with E-state index >= 15 is 4.39 Å². The lowest BCUT2D eigenvalue weighted by Crippen LogP contribution is -2.67. The molecule has 3 N–H and O–H groups in total. The third-order valence-electron chi connectivity index (χ3n) is 9.30. The lowest BCUT2D eigenvalue weighted by atomic mass is 9.39. The molecule has 4 aliphatic rings. The van der Waals surface area contributed by atoms with E-state index in [1.165, 1.54) is 12.2 Å². The van der Waals surface area contributed by atoms with Crippen LogP contribution >= 0.6 is 0 Å².